The number of nitrogens with one attached hydrogen (secondary N) is 1. The van der Waals surface area contributed by atoms with Crippen molar-refractivity contribution in [3.8, 4) is 5.75 Å². The van der Waals surface area contributed by atoms with Gasteiger partial charge < -0.3 is 10.1 Å². The second-order valence-corrected chi connectivity index (χ2v) is 6.99. The van der Waals surface area contributed by atoms with Gasteiger partial charge in [-0.3, -0.25) is 0 Å². The first-order valence-corrected chi connectivity index (χ1v) is 8.80. The van der Waals surface area contributed by atoms with E-state index in [4.69, 9.17) is 4.74 Å². The Morgan fingerprint density at radius 3 is 2.65 bits per heavy atom. The van der Waals surface area contributed by atoms with Gasteiger partial charge in [-0.25, -0.2) is 0 Å². The van der Waals surface area contributed by atoms with Crippen molar-refractivity contribution in [2.75, 3.05) is 6.61 Å². The van der Waals surface area contributed by atoms with E-state index in [0.717, 1.165) is 25.3 Å². The summed E-state index contributed by atoms with van der Waals surface area (Å²) in [6.45, 7) is 1.77. The molecule has 0 aromatic heterocycles. The third-order valence-corrected chi connectivity index (χ3v) is 4.97. The van der Waals surface area contributed by atoms with Crippen LogP contribution in [0, 0.1) is 0 Å². The van der Waals surface area contributed by atoms with Gasteiger partial charge in [0.05, 0.1) is 6.61 Å². The molecule has 110 valence electrons. The highest BCUT2D eigenvalue weighted by molar-refractivity contribution is 9.10. The predicted octanol–water partition coefficient (Wildman–Crippen LogP) is 4.59. The predicted molar refractivity (Wildman–Crippen MR) is 86.3 cm³/mol. The van der Waals surface area contributed by atoms with Crippen molar-refractivity contribution >= 4 is 15.9 Å². The lowest BCUT2D eigenvalue weighted by Crippen LogP contribution is -2.29. The molecule has 20 heavy (non-hydrogen) atoms. The molecule has 2 nitrogen and oxygen atoms in total. The van der Waals surface area contributed by atoms with Gasteiger partial charge >= 0.3 is 0 Å². The Kier molecular flexibility index (Phi) is 5.00. The Bertz CT molecular complexity index is 453. The third kappa shape index (κ3) is 3.56. The second kappa shape index (κ2) is 6.95. The number of hydrogen-bond donors (Lipinski definition) is 1. The summed E-state index contributed by atoms with van der Waals surface area (Å²) in [5.41, 5.74) is 2.67. The summed E-state index contributed by atoms with van der Waals surface area (Å²) in [6, 6.07) is 5.09. The minimum absolute atomic E-state index is 0.686. The van der Waals surface area contributed by atoms with Crippen molar-refractivity contribution in [3.05, 3.63) is 27.7 Å². The molecule has 0 atom stereocenters. The van der Waals surface area contributed by atoms with Gasteiger partial charge in [-0.05, 0) is 30.5 Å². The Hall–Kier alpha value is -0.540. The van der Waals surface area contributed by atoms with E-state index < -0.39 is 0 Å². The van der Waals surface area contributed by atoms with Crippen LogP contribution in [-0.2, 0) is 13.0 Å². The molecule has 0 saturated heterocycles. The van der Waals surface area contributed by atoms with E-state index in [1.54, 1.807) is 0 Å². The number of benzene rings is 1. The van der Waals surface area contributed by atoms with Gasteiger partial charge in [0, 0.05) is 29.0 Å². The lowest BCUT2D eigenvalue weighted by molar-refractivity contribution is 0.347. The highest BCUT2D eigenvalue weighted by atomic mass is 79.9. The van der Waals surface area contributed by atoms with Crippen LogP contribution in [0.2, 0.25) is 0 Å². The maximum absolute atomic E-state index is 5.81. The van der Waals surface area contributed by atoms with Crippen LogP contribution in [0.1, 0.15) is 56.1 Å². The van der Waals surface area contributed by atoms with Crippen LogP contribution in [0.5, 0.6) is 5.75 Å². The van der Waals surface area contributed by atoms with E-state index in [0.29, 0.717) is 6.04 Å². The minimum Gasteiger partial charge on any atom is -0.493 e. The van der Waals surface area contributed by atoms with Gasteiger partial charge in [0.1, 0.15) is 5.75 Å². The zero-order chi connectivity index (χ0) is 13.8. The fraction of sp³-hybridized carbons (Fsp3) is 0.647. The van der Waals surface area contributed by atoms with Crippen LogP contribution in [0.4, 0.5) is 0 Å². The van der Waals surface area contributed by atoms with Gasteiger partial charge in [-0.1, -0.05) is 48.0 Å². The monoisotopic (exact) mass is 337 g/mol. The summed E-state index contributed by atoms with van der Waals surface area (Å²) in [5, 5.41) is 3.76. The topological polar surface area (TPSA) is 21.3 Å². The van der Waals surface area contributed by atoms with E-state index in [1.807, 2.05) is 0 Å². The normalized spacial score (nSPS) is 20.1. The molecule has 1 fully saturated rings. The van der Waals surface area contributed by atoms with Crippen molar-refractivity contribution in [1.82, 2.24) is 5.32 Å². The number of rotatable bonds is 3. The van der Waals surface area contributed by atoms with Crippen molar-refractivity contribution in [2.24, 2.45) is 0 Å². The lowest BCUT2D eigenvalue weighted by atomic mass is 9.96. The number of hydrogen-bond acceptors (Lipinski definition) is 2. The fourth-order valence-corrected chi connectivity index (χ4v) is 3.94. The summed E-state index contributed by atoms with van der Waals surface area (Å²) in [7, 11) is 0. The largest absolute Gasteiger partial charge is 0.493 e. The average molecular weight is 338 g/mol. The van der Waals surface area contributed by atoms with E-state index in [9.17, 15) is 0 Å². The number of halogens is 1. The molecule has 1 aliphatic heterocycles. The first kappa shape index (κ1) is 14.4. The summed E-state index contributed by atoms with van der Waals surface area (Å²) >= 11 is 3.62. The molecular weight excluding hydrogens is 314 g/mol. The Labute approximate surface area is 130 Å². The highest BCUT2D eigenvalue weighted by Crippen LogP contribution is 2.33. The average Bonchev–Trinajstić information content (AvgIpc) is 2.85. The SMILES string of the molecule is Brc1cc2c(c(CNC3CCCCCCC3)c1)OCC2. The van der Waals surface area contributed by atoms with E-state index in [-0.39, 0.29) is 0 Å². The molecule has 0 amide bonds. The molecule has 1 aromatic carbocycles. The zero-order valence-corrected chi connectivity index (χ0v) is 13.7. The number of ether oxygens (including phenoxy) is 1. The van der Waals surface area contributed by atoms with Gasteiger partial charge in [-0.2, -0.15) is 0 Å². The van der Waals surface area contributed by atoms with Crippen LogP contribution in [0.3, 0.4) is 0 Å². The molecule has 1 aromatic rings. The van der Waals surface area contributed by atoms with E-state index in [1.165, 1.54) is 60.5 Å². The first-order valence-electron chi connectivity index (χ1n) is 8.00. The third-order valence-electron chi connectivity index (χ3n) is 4.51. The van der Waals surface area contributed by atoms with Crippen molar-refractivity contribution in [2.45, 2.75) is 64.0 Å². The molecular formula is C17H24BrNO. The minimum atomic E-state index is 0.686. The smallest absolute Gasteiger partial charge is 0.127 e. The summed E-state index contributed by atoms with van der Waals surface area (Å²) in [6.07, 6.45) is 10.7. The Morgan fingerprint density at radius 2 is 1.85 bits per heavy atom. The van der Waals surface area contributed by atoms with E-state index in [2.05, 4.69) is 33.4 Å². The van der Waals surface area contributed by atoms with E-state index >= 15 is 0 Å². The molecule has 1 heterocycles. The Balaban J connectivity index is 1.63. The molecule has 0 bridgehead atoms. The molecule has 1 N–H and O–H groups in total. The molecule has 0 radical (unpaired) electrons. The fourth-order valence-electron chi connectivity index (χ4n) is 3.39. The maximum Gasteiger partial charge on any atom is 0.127 e. The molecule has 2 aliphatic rings. The summed E-state index contributed by atoms with van der Waals surface area (Å²) < 4.78 is 6.99. The van der Waals surface area contributed by atoms with Crippen LogP contribution >= 0.6 is 15.9 Å². The van der Waals surface area contributed by atoms with Crippen molar-refractivity contribution in [1.29, 1.82) is 0 Å². The Morgan fingerprint density at radius 1 is 1.10 bits per heavy atom. The summed E-state index contributed by atoms with van der Waals surface area (Å²) in [5.74, 6) is 1.13. The van der Waals surface area contributed by atoms with Crippen molar-refractivity contribution < 1.29 is 4.74 Å². The van der Waals surface area contributed by atoms with Crippen LogP contribution < -0.4 is 10.1 Å². The first-order chi connectivity index (χ1) is 9.83. The quantitative estimate of drug-likeness (QED) is 0.871. The molecule has 0 spiro atoms. The summed E-state index contributed by atoms with van der Waals surface area (Å²) in [4.78, 5) is 0. The van der Waals surface area contributed by atoms with Crippen LogP contribution in [0.15, 0.2) is 16.6 Å². The maximum atomic E-state index is 5.81. The van der Waals surface area contributed by atoms with Gasteiger partial charge in [-0.15, -0.1) is 0 Å². The van der Waals surface area contributed by atoms with Gasteiger partial charge in [0.2, 0.25) is 0 Å². The molecule has 1 saturated carbocycles. The zero-order valence-electron chi connectivity index (χ0n) is 12.1. The molecule has 0 unspecified atom stereocenters. The van der Waals surface area contributed by atoms with Crippen LogP contribution in [-0.4, -0.2) is 12.6 Å². The van der Waals surface area contributed by atoms with Gasteiger partial charge in [0.25, 0.3) is 0 Å². The second-order valence-electron chi connectivity index (χ2n) is 6.07. The molecule has 3 heteroatoms. The highest BCUT2D eigenvalue weighted by Gasteiger charge is 2.18. The number of fused-ring (bicyclic) bond motifs is 1. The standard InChI is InChI=1S/C17H24BrNO/c18-15-10-13-8-9-20-17(13)14(11-15)12-19-16-6-4-2-1-3-5-7-16/h10-11,16,19H,1-9,12H2. The van der Waals surface area contributed by atoms with Crippen molar-refractivity contribution in [3.63, 3.8) is 0 Å². The molecule has 1 aliphatic carbocycles. The molecule has 3 rings (SSSR count). The van der Waals surface area contributed by atoms with Crippen LogP contribution in [0.25, 0.3) is 0 Å². The van der Waals surface area contributed by atoms with Gasteiger partial charge in [0.15, 0.2) is 0 Å². The lowest BCUT2D eigenvalue weighted by Gasteiger charge is -2.21.